The third-order valence-electron chi connectivity index (χ3n) is 4.24. The Morgan fingerprint density at radius 2 is 1.77 bits per heavy atom. The van der Waals surface area contributed by atoms with Gasteiger partial charge in [0.2, 0.25) is 5.78 Å². The lowest BCUT2D eigenvalue weighted by atomic mass is 10.0. The minimum atomic E-state index is -0.965. The summed E-state index contributed by atoms with van der Waals surface area (Å²) in [6.45, 7) is 6.36. The van der Waals surface area contributed by atoms with Crippen molar-refractivity contribution in [1.82, 2.24) is 4.98 Å². The quantitative estimate of drug-likeness (QED) is 0.604. The number of aromatic amines is 1. The van der Waals surface area contributed by atoms with Gasteiger partial charge in [-0.3, -0.25) is 14.4 Å². The Labute approximate surface area is 151 Å². The second kappa shape index (κ2) is 8.08. The van der Waals surface area contributed by atoms with Crippen LogP contribution in [0.3, 0.4) is 0 Å². The van der Waals surface area contributed by atoms with Crippen molar-refractivity contribution in [3.05, 3.63) is 58.2 Å². The van der Waals surface area contributed by atoms with Crippen molar-refractivity contribution in [2.45, 2.75) is 46.6 Å². The number of hydrogen-bond acceptors (Lipinski definition) is 4. The van der Waals surface area contributed by atoms with Gasteiger partial charge in [0.25, 0.3) is 0 Å². The Morgan fingerprint density at radius 3 is 2.31 bits per heavy atom. The summed E-state index contributed by atoms with van der Waals surface area (Å²) < 4.78 is 18.1. The lowest BCUT2D eigenvalue weighted by Crippen LogP contribution is -2.25. The molecule has 1 atom stereocenters. The number of rotatable bonds is 7. The molecule has 0 aliphatic carbocycles. The van der Waals surface area contributed by atoms with Gasteiger partial charge in [-0.05, 0) is 57.4 Å². The van der Waals surface area contributed by atoms with Gasteiger partial charge < -0.3 is 9.72 Å². The molecular formula is C20H22FNO4. The second-order valence-corrected chi connectivity index (χ2v) is 6.30. The highest BCUT2D eigenvalue weighted by atomic mass is 19.1. The third-order valence-corrected chi connectivity index (χ3v) is 4.24. The molecule has 0 bridgehead atoms. The van der Waals surface area contributed by atoms with Crippen LogP contribution < -0.4 is 0 Å². The van der Waals surface area contributed by atoms with Crippen molar-refractivity contribution >= 4 is 17.5 Å². The Kier molecular flexibility index (Phi) is 6.08. The van der Waals surface area contributed by atoms with E-state index in [4.69, 9.17) is 4.74 Å². The van der Waals surface area contributed by atoms with Crippen molar-refractivity contribution in [2.24, 2.45) is 0 Å². The van der Waals surface area contributed by atoms with Gasteiger partial charge in [0.1, 0.15) is 5.82 Å². The van der Waals surface area contributed by atoms with E-state index in [1.807, 2.05) is 0 Å². The van der Waals surface area contributed by atoms with Crippen LogP contribution in [0.2, 0.25) is 0 Å². The summed E-state index contributed by atoms with van der Waals surface area (Å²) in [6.07, 6.45) is -0.480. The van der Waals surface area contributed by atoms with Crippen molar-refractivity contribution in [3.63, 3.8) is 0 Å². The molecule has 6 heteroatoms. The molecule has 0 fully saturated rings. The van der Waals surface area contributed by atoms with Gasteiger partial charge in [-0.25, -0.2) is 4.39 Å². The molecule has 0 spiro atoms. The molecule has 0 saturated heterocycles. The van der Waals surface area contributed by atoms with E-state index in [0.717, 1.165) is 5.56 Å². The summed E-state index contributed by atoms with van der Waals surface area (Å²) in [5, 5.41) is 0. The van der Waals surface area contributed by atoms with Crippen molar-refractivity contribution in [2.75, 3.05) is 0 Å². The first-order valence-corrected chi connectivity index (χ1v) is 8.39. The summed E-state index contributed by atoms with van der Waals surface area (Å²) in [5.41, 5.74) is 2.77. The molecule has 1 aromatic carbocycles. The normalized spacial score (nSPS) is 11.9. The van der Waals surface area contributed by atoms with Crippen LogP contribution in [0.4, 0.5) is 4.39 Å². The van der Waals surface area contributed by atoms with Crippen LogP contribution in [0.1, 0.15) is 57.9 Å². The predicted octanol–water partition coefficient (Wildman–Crippen LogP) is 3.72. The van der Waals surface area contributed by atoms with Gasteiger partial charge in [-0.1, -0.05) is 12.1 Å². The number of aryl methyl sites for hydroxylation is 2. The van der Waals surface area contributed by atoms with Crippen LogP contribution in [0, 0.1) is 19.7 Å². The lowest BCUT2D eigenvalue weighted by Gasteiger charge is -2.12. The maximum Gasteiger partial charge on any atom is 0.306 e. The smallest absolute Gasteiger partial charge is 0.306 e. The zero-order valence-corrected chi connectivity index (χ0v) is 15.3. The monoisotopic (exact) mass is 359 g/mol. The van der Waals surface area contributed by atoms with Crippen molar-refractivity contribution in [3.8, 4) is 0 Å². The highest BCUT2D eigenvalue weighted by molar-refractivity contribution is 6.05. The number of hydrogen-bond donors (Lipinski definition) is 1. The predicted molar refractivity (Wildman–Crippen MR) is 94.9 cm³/mol. The molecule has 1 aromatic heterocycles. The molecule has 5 nitrogen and oxygen atoms in total. The highest BCUT2D eigenvalue weighted by Gasteiger charge is 2.25. The summed E-state index contributed by atoms with van der Waals surface area (Å²) in [6, 6.07) is 5.86. The molecule has 0 amide bonds. The molecule has 2 rings (SSSR count). The van der Waals surface area contributed by atoms with E-state index in [2.05, 4.69) is 4.98 Å². The van der Waals surface area contributed by atoms with E-state index < -0.39 is 12.1 Å². The number of halogens is 1. The van der Waals surface area contributed by atoms with Gasteiger partial charge in [0.15, 0.2) is 11.9 Å². The van der Waals surface area contributed by atoms with E-state index >= 15 is 0 Å². The number of Topliss-reactive ketones (excluding diaryl/α,β-unsaturated/α-hetero) is 2. The van der Waals surface area contributed by atoms with E-state index in [1.54, 1.807) is 26.0 Å². The fourth-order valence-corrected chi connectivity index (χ4v) is 2.93. The molecule has 26 heavy (non-hydrogen) atoms. The van der Waals surface area contributed by atoms with Gasteiger partial charge >= 0.3 is 5.97 Å². The number of esters is 1. The van der Waals surface area contributed by atoms with Crippen LogP contribution in [0.25, 0.3) is 0 Å². The number of ketones is 2. The fourth-order valence-electron chi connectivity index (χ4n) is 2.93. The van der Waals surface area contributed by atoms with Crippen LogP contribution in [0.5, 0.6) is 0 Å². The molecule has 1 heterocycles. The number of benzene rings is 1. The standard InChI is InChI=1S/C20H22FNO4/c1-11-18(13(3)23)12(2)22-19(11)20(25)14(4)26-17(24)10-7-15-5-8-16(21)9-6-15/h5-6,8-9,14,22H,7,10H2,1-4H3. The zero-order chi connectivity index (χ0) is 19.4. The van der Waals surface area contributed by atoms with Crippen molar-refractivity contribution < 1.29 is 23.5 Å². The summed E-state index contributed by atoms with van der Waals surface area (Å²) in [4.78, 5) is 39.1. The van der Waals surface area contributed by atoms with Crippen LogP contribution in [0.15, 0.2) is 24.3 Å². The zero-order valence-electron chi connectivity index (χ0n) is 15.3. The summed E-state index contributed by atoms with van der Waals surface area (Å²) in [5.74, 6) is -1.35. The Hall–Kier alpha value is -2.76. The third kappa shape index (κ3) is 4.45. The fraction of sp³-hybridized carbons (Fsp3) is 0.350. The maximum absolute atomic E-state index is 12.9. The highest BCUT2D eigenvalue weighted by Crippen LogP contribution is 2.20. The first-order chi connectivity index (χ1) is 12.2. The molecule has 138 valence electrons. The summed E-state index contributed by atoms with van der Waals surface area (Å²) >= 11 is 0. The number of nitrogens with one attached hydrogen (secondary N) is 1. The molecule has 1 unspecified atom stereocenters. The molecule has 0 radical (unpaired) electrons. The van der Waals surface area contributed by atoms with Gasteiger partial charge in [0.05, 0.1) is 5.69 Å². The van der Waals surface area contributed by atoms with Gasteiger partial charge in [0, 0.05) is 17.7 Å². The number of H-pyrrole nitrogens is 1. The van der Waals surface area contributed by atoms with E-state index in [9.17, 15) is 18.8 Å². The molecule has 0 saturated carbocycles. The van der Waals surface area contributed by atoms with Crippen LogP contribution >= 0.6 is 0 Å². The van der Waals surface area contributed by atoms with Crippen LogP contribution in [-0.2, 0) is 16.0 Å². The van der Waals surface area contributed by atoms with Gasteiger partial charge in [-0.2, -0.15) is 0 Å². The second-order valence-electron chi connectivity index (χ2n) is 6.30. The topological polar surface area (TPSA) is 76.2 Å². The molecule has 1 N–H and O–H groups in total. The average molecular weight is 359 g/mol. The van der Waals surface area contributed by atoms with E-state index in [1.165, 1.54) is 26.0 Å². The lowest BCUT2D eigenvalue weighted by molar-refractivity contribution is -0.146. The number of carbonyl (C=O) groups is 3. The first-order valence-electron chi connectivity index (χ1n) is 8.39. The Bertz CT molecular complexity index is 836. The molecule has 0 aliphatic rings. The minimum absolute atomic E-state index is 0.0880. The Morgan fingerprint density at radius 1 is 1.15 bits per heavy atom. The first kappa shape index (κ1) is 19.6. The summed E-state index contributed by atoms with van der Waals surface area (Å²) in [7, 11) is 0. The average Bonchev–Trinajstić information content (AvgIpc) is 2.88. The number of aromatic nitrogens is 1. The molecule has 0 aliphatic heterocycles. The van der Waals surface area contributed by atoms with Crippen LogP contribution in [-0.4, -0.2) is 28.6 Å². The molecular weight excluding hydrogens is 337 g/mol. The van der Waals surface area contributed by atoms with Crippen molar-refractivity contribution in [1.29, 1.82) is 0 Å². The maximum atomic E-state index is 12.9. The van der Waals surface area contributed by atoms with E-state index in [-0.39, 0.29) is 29.5 Å². The minimum Gasteiger partial charge on any atom is -0.454 e. The SMILES string of the molecule is CC(=O)c1c(C)[nH]c(C(=O)C(C)OC(=O)CCc2ccc(F)cc2)c1C. The van der Waals surface area contributed by atoms with Gasteiger partial charge in [-0.15, -0.1) is 0 Å². The Balaban J connectivity index is 1.98. The molecule has 2 aromatic rings. The van der Waals surface area contributed by atoms with E-state index in [0.29, 0.717) is 23.2 Å². The number of ether oxygens (including phenoxy) is 1. The number of carbonyl (C=O) groups excluding carboxylic acids is 3. The largest absolute Gasteiger partial charge is 0.454 e.